The summed E-state index contributed by atoms with van der Waals surface area (Å²) >= 11 is 0. The molecule has 0 saturated carbocycles. The molecule has 0 bridgehead atoms. The van der Waals surface area contributed by atoms with Crippen LogP contribution in [0.4, 0.5) is 17.1 Å². The third kappa shape index (κ3) is 4.74. The molecule has 150 valence electrons. The second-order valence-electron chi connectivity index (χ2n) is 6.62. The van der Waals surface area contributed by atoms with Crippen molar-refractivity contribution in [2.75, 3.05) is 17.2 Å². The Balaban J connectivity index is 1.64. The Kier molecular flexibility index (Phi) is 5.30. The number of hydrogen-bond acceptors (Lipinski definition) is 6. The molecular weight excluding hydrogens is 378 g/mol. The molecule has 0 unspecified atom stereocenters. The van der Waals surface area contributed by atoms with Gasteiger partial charge in [0.25, 0.3) is 0 Å². The number of hydrogen-bond donors (Lipinski definition) is 3. The Labute approximate surface area is 174 Å². The fraction of sp³-hybridized carbons (Fsp3) is 0. The summed E-state index contributed by atoms with van der Waals surface area (Å²) in [6.45, 7) is 0. The topological polar surface area (TPSA) is 106 Å². The van der Waals surface area contributed by atoms with Crippen molar-refractivity contribution in [2.45, 2.75) is 0 Å². The average molecular weight is 399 g/mol. The number of rotatable bonds is 6. The molecule has 0 radical (unpaired) electrons. The molecule has 0 heterocycles. The predicted octanol–water partition coefficient (Wildman–Crippen LogP) is 5.81. The third-order valence-corrected chi connectivity index (χ3v) is 4.25. The quantitative estimate of drug-likeness (QED) is 0.353. The summed E-state index contributed by atoms with van der Waals surface area (Å²) in [4.78, 5) is 0. The van der Waals surface area contributed by atoms with E-state index in [4.69, 9.17) is 31.4 Å². The van der Waals surface area contributed by atoms with Crippen LogP contribution in [0.1, 0.15) is 0 Å². The highest BCUT2D eigenvalue weighted by molar-refractivity contribution is 5.52. The molecular formula is C24H21N3O3. The number of benzene rings is 4. The lowest BCUT2D eigenvalue weighted by molar-refractivity contribution is 0.412. The first-order valence-electron chi connectivity index (χ1n) is 9.29. The van der Waals surface area contributed by atoms with Gasteiger partial charge in [-0.15, -0.1) is 0 Å². The van der Waals surface area contributed by atoms with Crippen LogP contribution in [0.15, 0.2) is 91.0 Å². The van der Waals surface area contributed by atoms with E-state index in [0.717, 1.165) is 0 Å². The first-order chi connectivity index (χ1) is 14.5. The van der Waals surface area contributed by atoms with E-state index in [0.29, 0.717) is 51.6 Å². The van der Waals surface area contributed by atoms with E-state index in [9.17, 15) is 0 Å². The summed E-state index contributed by atoms with van der Waals surface area (Å²) in [5.74, 6) is 3.53. The predicted molar refractivity (Wildman–Crippen MR) is 119 cm³/mol. The molecule has 0 aliphatic carbocycles. The molecule has 6 N–H and O–H groups in total. The maximum absolute atomic E-state index is 6.05. The van der Waals surface area contributed by atoms with E-state index in [1.165, 1.54) is 0 Å². The van der Waals surface area contributed by atoms with Crippen LogP contribution in [0, 0.1) is 0 Å². The van der Waals surface area contributed by atoms with E-state index >= 15 is 0 Å². The van der Waals surface area contributed by atoms with Gasteiger partial charge in [-0.3, -0.25) is 0 Å². The first kappa shape index (κ1) is 19.0. The molecule has 0 atom stereocenters. The Hall–Kier alpha value is -4.32. The highest BCUT2D eigenvalue weighted by atomic mass is 16.5. The standard InChI is InChI=1S/C24H21N3O3/c25-16-1-7-19(8-2-16)28-22-13-14-23(29-20-9-3-17(26)4-10-20)24(15-22)30-21-11-5-18(27)6-12-21/h1-15H,25-27H2. The normalized spacial score (nSPS) is 10.4. The minimum absolute atomic E-state index is 0.490. The smallest absolute Gasteiger partial charge is 0.173 e. The van der Waals surface area contributed by atoms with Gasteiger partial charge in [-0.1, -0.05) is 0 Å². The molecule has 0 spiro atoms. The highest BCUT2D eigenvalue weighted by Gasteiger charge is 2.11. The third-order valence-electron chi connectivity index (χ3n) is 4.25. The second kappa shape index (κ2) is 8.36. The minimum Gasteiger partial charge on any atom is -0.457 e. The molecule has 0 fully saturated rings. The Bertz CT molecular complexity index is 1130. The number of nitrogen functional groups attached to an aromatic ring is 3. The first-order valence-corrected chi connectivity index (χ1v) is 9.29. The lowest BCUT2D eigenvalue weighted by Gasteiger charge is -2.15. The number of nitrogens with two attached hydrogens (primary N) is 3. The van der Waals surface area contributed by atoms with Gasteiger partial charge in [0.1, 0.15) is 23.0 Å². The average Bonchev–Trinajstić information content (AvgIpc) is 2.75. The molecule has 0 amide bonds. The maximum Gasteiger partial charge on any atom is 0.173 e. The van der Waals surface area contributed by atoms with Crippen molar-refractivity contribution in [1.82, 2.24) is 0 Å². The summed E-state index contributed by atoms with van der Waals surface area (Å²) in [5.41, 5.74) is 19.2. The van der Waals surface area contributed by atoms with Gasteiger partial charge >= 0.3 is 0 Å². The lowest BCUT2D eigenvalue weighted by atomic mass is 10.2. The van der Waals surface area contributed by atoms with Crippen LogP contribution < -0.4 is 31.4 Å². The summed E-state index contributed by atoms with van der Waals surface area (Å²) < 4.78 is 18.0. The van der Waals surface area contributed by atoms with Crippen molar-refractivity contribution < 1.29 is 14.2 Å². The van der Waals surface area contributed by atoms with Gasteiger partial charge in [0, 0.05) is 23.1 Å². The molecule has 0 aromatic heterocycles. The zero-order valence-electron chi connectivity index (χ0n) is 16.1. The Morgan fingerprint density at radius 2 is 0.733 bits per heavy atom. The summed E-state index contributed by atoms with van der Waals surface area (Å²) in [6.07, 6.45) is 0. The van der Waals surface area contributed by atoms with Crippen LogP contribution in [0.2, 0.25) is 0 Å². The molecule has 6 heteroatoms. The molecule has 4 aromatic carbocycles. The van der Waals surface area contributed by atoms with Crippen LogP contribution in [0.5, 0.6) is 34.5 Å². The maximum atomic E-state index is 6.05. The van der Waals surface area contributed by atoms with E-state index in [1.807, 2.05) is 0 Å². The van der Waals surface area contributed by atoms with E-state index in [2.05, 4.69) is 0 Å². The Morgan fingerprint density at radius 1 is 0.367 bits per heavy atom. The van der Waals surface area contributed by atoms with Crippen LogP contribution in [-0.4, -0.2) is 0 Å². The largest absolute Gasteiger partial charge is 0.457 e. The van der Waals surface area contributed by atoms with Crippen LogP contribution >= 0.6 is 0 Å². The summed E-state index contributed by atoms with van der Waals surface area (Å²) in [6, 6.07) is 26.8. The number of ether oxygens (including phenoxy) is 3. The van der Waals surface area contributed by atoms with Crippen LogP contribution in [0.3, 0.4) is 0 Å². The molecule has 4 aromatic rings. The minimum atomic E-state index is 0.490. The molecule has 30 heavy (non-hydrogen) atoms. The fourth-order valence-electron chi connectivity index (χ4n) is 2.71. The van der Waals surface area contributed by atoms with Crippen molar-refractivity contribution in [3.63, 3.8) is 0 Å². The van der Waals surface area contributed by atoms with Gasteiger partial charge in [-0.2, -0.15) is 0 Å². The van der Waals surface area contributed by atoms with Crippen LogP contribution in [0.25, 0.3) is 0 Å². The van der Waals surface area contributed by atoms with Crippen molar-refractivity contribution in [3.05, 3.63) is 91.0 Å². The van der Waals surface area contributed by atoms with Gasteiger partial charge in [-0.05, 0) is 84.9 Å². The molecule has 0 aliphatic rings. The van der Waals surface area contributed by atoms with Crippen molar-refractivity contribution >= 4 is 17.1 Å². The van der Waals surface area contributed by atoms with Crippen molar-refractivity contribution in [3.8, 4) is 34.5 Å². The molecule has 0 aliphatic heterocycles. The van der Waals surface area contributed by atoms with Crippen molar-refractivity contribution in [1.29, 1.82) is 0 Å². The zero-order chi connectivity index (χ0) is 20.9. The highest BCUT2D eigenvalue weighted by Crippen LogP contribution is 2.39. The molecule has 0 saturated heterocycles. The molecule has 6 nitrogen and oxygen atoms in total. The van der Waals surface area contributed by atoms with Gasteiger partial charge in [0.05, 0.1) is 0 Å². The monoisotopic (exact) mass is 399 g/mol. The molecule has 4 rings (SSSR count). The van der Waals surface area contributed by atoms with Gasteiger partial charge in [0.15, 0.2) is 11.5 Å². The van der Waals surface area contributed by atoms with E-state index < -0.39 is 0 Å². The van der Waals surface area contributed by atoms with Gasteiger partial charge in [0.2, 0.25) is 0 Å². The van der Waals surface area contributed by atoms with Gasteiger partial charge < -0.3 is 31.4 Å². The fourth-order valence-corrected chi connectivity index (χ4v) is 2.71. The zero-order valence-corrected chi connectivity index (χ0v) is 16.1. The second-order valence-corrected chi connectivity index (χ2v) is 6.62. The van der Waals surface area contributed by atoms with Gasteiger partial charge in [-0.25, -0.2) is 0 Å². The summed E-state index contributed by atoms with van der Waals surface area (Å²) in [5, 5.41) is 0. The van der Waals surface area contributed by atoms with E-state index in [-0.39, 0.29) is 0 Å². The summed E-state index contributed by atoms with van der Waals surface area (Å²) in [7, 11) is 0. The van der Waals surface area contributed by atoms with E-state index in [1.54, 1.807) is 91.0 Å². The number of anilines is 3. The van der Waals surface area contributed by atoms with Crippen LogP contribution in [-0.2, 0) is 0 Å². The SMILES string of the molecule is Nc1ccc(Oc2ccc(Oc3ccc(N)cc3)c(Oc3ccc(N)cc3)c2)cc1. The van der Waals surface area contributed by atoms with Crippen molar-refractivity contribution in [2.24, 2.45) is 0 Å². The lowest BCUT2D eigenvalue weighted by Crippen LogP contribution is -1.93. The Morgan fingerprint density at radius 3 is 1.20 bits per heavy atom.